The van der Waals surface area contributed by atoms with E-state index in [1.54, 1.807) is 0 Å². The van der Waals surface area contributed by atoms with Gasteiger partial charge in [-0.3, -0.25) is 0 Å². The molecule has 4 N–H and O–H groups in total. The molecule has 6 nitrogen and oxygen atoms in total. The minimum absolute atomic E-state index is 0.0493. The van der Waals surface area contributed by atoms with Crippen molar-refractivity contribution in [2.45, 2.75) is 26.3 Å². The lowest BCUT2D eigenvalue weighted by Gasteiger charge is -2.14. The summed E-state index contributed by atoms with van der Waals surface area (Å²) in [5, 5.41) is 18.2. The van der Waals surface area contributed by atoms with E-state index in [-0.39, 0.29) is 17.4 Å². The fourth-order valence-corrected chi connectivity index (χ4v) is 1.67. The van der Waals surface area contributed by atoms with E-state index in [9.17, 15) is 14.7 Å². The molecule has 1 rings (SSSR count). The third-order valence-electron chi connectivity index (χ3n) is 2.64. The first-order valence-electron chi connectivity index (χ1n) is 6.51. The van der Waals surface area contributed by atoms with E-state index in [2.05, 4.69) is 0 Å². The zero-order chi connectivity index (χ0) is 16.0. The minimum Gasteiger partial charge on any atom is -0.504 e. The Bertz CT molecular complexity index is 551. The number of rotatable bonds is 6. The van der Waals surface area contributed by atoms with Crippen molar-refractivity contribution >= 4 is 18.0 Å². The molecule has 0 saturated heterocycles. The van der Waals surface area contributed by atoms with Crippen molar-refractivity contribution in [3.63, 3.8) is 0 Å². The van der Waals surface area contributed by atoms with E-state index in [0.717, 1.165) is 6.08 Å². The Balaban J connectivity index is 2.85. The summed E-state index contributed by atoms with van der Waals surface area (Å²) in [5.41, 5.74) is 6.19. The highest BCUT2D eigenvalue weighted by atomic mass is 16.5. The molecule has 0 unspecified atom stereocenters. The lowest BCUT2D eigenvalue weighted by atomic mass is 10.0. The number of nitrogens with two attached hydrogens (primary N) is 1. The molecule has 0 aliphatic rings. The lowest BCUT2D eigenvalue weighted by Crippen LogP contribution is -2.35. The molecule has 0 heterocycles. The van der Waals surface area contributed by atoms with Gasteiger partial charge in [0.1, 0.15) is 6.04 Å². The Morgan fingerprint density at radius 2 is 2.05 bits per heavy atom. The molecule has 0 aromatic heterocycles. The molecule has 0 spiro atoms. The number of carbonyl (C=O) groups is 2. The Hall–Kier alpha value is -2.34. The van der Waals surface area contributed by atoms with Crippen LogP contribution < -0.4 is 10.5 Å². The molecule has 0 saturated carbocycles. The predicted molar refractivity (Wildman–Crippen MR) is 77.8 cm³/mol. The maximum absolute atomic E-state index is 11.8. The summed E-state index contributed by atoms with van der Waals surface area (Å²) >= 11 is 0. The molecule has 0 bridgehead atoms. The second-order valence-electron chi connectivity index (χ2n) is 5.06. The van der Waals surface area contributed by atoms with Crippen molar-refractivity contribution < 1.29 is 24.5 Å². The number of carboxylic acids is 1. The molecule has 0 radical (unpaired) electrons. The maximum atomic E-state index is 11.8. The zero-order valence-corrected chi connectivity index (χ0v) is 11.9. The Morgan fingerprint density at radius 1 is 1.38 bits per heavy atom. The predicted octanol–water partition coefficient (Wildman–Crippen LogP) is 1.77. The van der Waals surface area contributed by atoms with Gasteiger partial charge < -0.3 is 20.7 Å². The highest BCUT2D eigenvalue weighted by Gasteiger charge is 2.18. The van der Waals surface area contributed by atoms with Crippen LogP contribution in [0.2, 0.25) is 0 Å². The minimum atomic E-state index is -1.10. The smallest absolute Gasteiger partial charge is 0.328 e. The summed E-state index contributed by atoms with van der Waals surface area (Å²) in [6.07, 6.45) is 2.74. The van der Waals surface area contributed by atoms with Gasteiger partial charge in [0.2, 0.25) is 0 Å². The van der Waals surface area contributed by atoms with Crippen molar-refractivity contribution in [1.29, 1.82) is 0 Å². The molecule has 0 aliphatic heterocycles. The highest BCUT2D eigenvalue weighted by molar-refractivity contribution is 5.85. The molecule has 1 atom stereocenters. The van der Waals surface area contributed by atoms with E-state index in [0.29, 0.717) is 12.0 Å². The molecule has 1 aromatic carbocycles. The van der Waals surface area contributed by atoms with Crippen LogP contribution in [-0.2, 0) is 9.59 Å². The van der Waals surface area contributed by atoms with Crippen LogP contribution in [0.3, 0.4) is 0 Å². The third kappa shape index (κ3) is 5.66. The first-order valence-corrected chi connectivity index (χ1v) is 6.51. The zero-order valence-electron chi connectivity index (χ0n) is 11.9. The number of carboxylic acid groups (broad SMARTS) is 1. The topological polar surface area (TPSA) is 110 Å². The van der Waals surface area contributed by atoms with Gasteiger partial charge in [0, 0.05) is 6.08 Å². The van der Waals surface area contributed by atoms with Gasteiger partial charge in [-0.15, -0.1) is 0 Å². The Kier molecular flexibility index (Phi) is 5.92. The molecular formula is C15H19NO5. The van der Waals surface area contributed by atoms with Gasteiger partial charge in [-0.05, 0) is 36.1 Å². The first-order chi connectivity index (χ1) is 9.79. The normalized spacial score (nSPS) is 12.6. The average molecular weight is 293 g/mol. The van der Waals surface area contributed by atoms with Gasteiger partial charge in [0.15, 0.2) is 11.5 Å². The second kappa shape index (κ2) is 7.44. The average Bonchev–Trinajstić information content (AvgIpc) is 2.38. The molecule has 1 aromatic rings. The van der Waals surface area contributed by atoms with Crippen molar-refractivity contribution in [2.24, 2.45) is 11.7 Å². The molecule has 21 heavy (non-hydrogen) atoms. The number of benzene rings is 1. The van der Waals surface area contributed by atoms with Crippen LogP contribution in [0.15, 0.2) is 24.3 Å². The SMILES string of the molecule is CC(C)C[C@H](N)C(=O)Oc1cc(C=CC(=O)O)ccc1O. The molecule has 0 amide bonds. The number of esters is 1. The maximum Gasteiger partial charge on any atom is 0.328 e. The van der Waals surface area contributed by atoms with Gasteiger partial charge in [0.05, 0.1) is 0 Å². The van der Waals surface area contributed by atoms with Crippen molar-refractivity contribution in [3.8, 4) is 11.5 Å². The van der Waals surface area contributed by atoms with Gasteiger partial charge in [-0.25, -0.2) is 9.59 Å². The van der Waals surface area contributed by atoms with Crippen molar-refractivity contribution in [3.05, 3.63) is 29.8 Å². The van der Waals surface area contributed by atoms with E-state index in [4.69, 9.17) is 15.6 Å². The van der Waals surface area contributed by atoms with Gasteiger partial charge in [-0.2, -0.15) is 0 Å². The van der Waals surface area contributed by atoms with E-state index < -0.39 is 18.0 Å². The van der Waals surface area contributed by atoms with Crippen LogP contribution in [0.25, 0.3) is 6.08 Å². The van der Waals surface area contributed by atoms with Gasteiger partial charge >= 0.3 is 11.9 Å². The molecule has 0 fully saturated rings. The van der Waals surface area contributed by atoms with Crippen LogP contribution >= 0.6 is 0 Å². The number of ether oxygens (including phenoxy) is 1. The van der Waals surface area contributed by atoms with E-state index >= 15 is 0 Å². The first kappa shape index (κ1) is 16.7. The lowest BCUT2D eigenvalue weighted by molar-refractivity contribution is -0.136. The summed E-state index contributed by atoms with van der Waals surface area (Å²) < 4.78 is 5.06. The quantitative estimate of drug-likeness (QED) is 0.419. The van der Waals surface area contributed by atoms with Gasteiger partial charge in [0.25, 0.3) is 0 Å². The van der Waals surface area contributed by atoms with Crippen LogP contribution in [0.5, 0.6) is 11.5 Å². The summed E-state index contributed by atoms with van der Waals surface area (Å²) in [4.78, 5) is 22.3. The number of carbonyl (C=O) groups excluding carboxylic acids is 1. The highest BCUT2D eigenvalue weighted by Crippen LogP contribution is 2.28. The summed E-state index contributed by atoms with van der Waals surface area (Å²) in [7, 11) is 0. The molecular weight excluding hydrogens is 274 g/mol. The molecule has 114 valence electrons. The Morgan fingerprint density at radius 3 is 2.62 bits per heavy atom. The van der Waals surface area contributed by atoms with Crippen LogP contribution in [0, 0.1) is 5.92 Å². The summed E-state index contributed by atoms with van der Waals surface area (Å²) in [5.74, 6) is -1.76. The number of phenolic OH excluding ortho intramolecular Hbond substituents is 1. The van der Waals surface area contributed by atoms with Crippen LogP contribution in [0.1, 0.15) is 25.8 Å². The Labute approximate surface area is 122 Å². The van der Waals surface area contributed by atoms with Crippen LogP contribution in [-0.4, -0.2) is 28.2 Å². The van der Waals surface area contributed by atoms with E-state index in [1.165, 1.54) is 24.3 Å². The third-order valence-corrected chi connectivity index (χ3v) is 2.64. The standard InChI is InChI=1S/C15H19NO5/c1-9(2)7-11(16)15(20)21-13-8-10(3-5-12(13)17)4-6-14(18)19/h3-6,8-9,11,17H,7,16H2,1-2H3,(H,18,19)/t11-/m0/s1. The van der Waals surface area contributed by atoms with Crippen molar-refractivity contribution in [2.75, 3.05) is 0 Å². The second-order valence-corrected chi connectivity index (χ2v) is 5.06. The van der Waals surface area contributed by atoms with Crippen LogP contribution in [0.4, 0.5) is 0 Å². The fraction of sp³-hybridized carbons (Fsp3) is 0.333. The van der Waals surface area contributed by atoms with Crippen molar-refractivity contribution in [1.82, 2.24) is 0 Å². The largest absolute Gasteiger partial charge is 0.504 e. The number of phenols is 1. The number of hydrogen-bond donors (Lipinski definition) is 3. The molecule has 6 heteroatoms. The summed E-state index contributed by atoms with van der Waals surface area (Å²) in [6.45, 7) is 3.86. The molecule has 0 aliphatic carbocycles. The fourth-order valence-electron chi connectivity index (χ4n) is 1.67. The monoisotopic (exact) mass is 293 g/mol. The summed E-state index contributed by atoms with van der Waals surface area (Å²) in [6, 6.07) is 3.41. The number of hydrogen-bond acceptors (Lipinski definition) is 5. The van der Waals surface area contributed by atoms with E-state index in [1.807, 2.05) is 13.8 Å². The number of aliphatic carboxylic acids is 1. The van der Waals surface area contributed by atoms with Gasteiger partial charge in [-0.1, -0.05) is 19.9 Å². The number of aromatic hydroxyl groups is 1.